The first-order chi connectivity index (χ1) is 8.83. The van der Waals surface area contributed by atoms with E-state index in [1.165, 1.54) is 37.2 Å². The third kappa shape index (κ3) is 3.45. The molecule has 1 fully saturated rings. The second kappa shape index (κ2) is 6.74. The Bertz CT molecular complexity index is 365. The van der Waals surface area contributed by atoms with E-state index in [4.69, 9.17) is 0 Å². The number of rotatable bonds is 6. The van der Waals surface area contributed by atoms with Gasteiger partial charge in [-0.05, 0) is 44.4 Å². The lowest BCUT2D eigenvalue weighted by Gasteiger charge is -2.22. The summed E-state index contributed by atoms with van der Waals surface area (Å²) in [4.78, 5) is 7.07. The number of likely N-dealkylation sites (tertiary alicyclic amines) is 1. The van der Waals surface area contributed by atoms with Crippen molar-refractivity contribution in [2.45, 2.75) is 52.1 Å². The van der Waals surface area contributed by atoms with E-state index in [9.17, 15) is 0 Å². The molecule has 0 aromatic carbocycles. The highest BCUT2D eigenvalue weighted by Gasteiger charge is 2.22. The van der Waals surface area contributed by atoms with Crippen molar-refractivity contribution in [3.8, 4) is 0 Å². The number of hydrogen-bond acceptors (Lipinski definition) is 3. The molecule has 1 saturated heterocycles. The van der Waals surface area contributed by atoms with Gasteiger partial charge < -0.3 is 5.32 Å². The topological polar surface area (TPSA) is 28.2 Å². The van der Waals surface area contributed by atoms with E-state index in [0.717, 1.165) is 25.6 Å². The molecule has 1 aliphatic rings. The molecule has 0 aliphatic carbocycles. The van der Waals surface area contributed by atoms with Gasteiger partial charge in [-0.25, -0.2) is 0 Å². The van der Waals surface area contributed by atoms with Gasteiger partial charge in [0, 0.05) is 31.0 Å². The Hall–Kier alpha value is -1.09. The van der Waals surface area contributed by atoms with E-state index in [0.29, 0.717) is 0 Å². The number of nitrogens with zero attached hydrogens (tertiary/aromatic N) is 2. The fraction of sp³-hybridized carbons (Fsp3) is 0.667. The Labute approximate surface area is 111 Å². The Kier molecular flexibility index (Phi) is 5.00. The minimum absolute atomic E-state index is 0.763. The lowest BCUT2D eigenvalue weighted by atomic mass is 10.1. The van der Waals surface area contributed by atoms with Crippen LogP contribution in [0.2, 0.25) is 0 Å². The third-order valence-corrected chi connectivity index (χ3v) is 3.73. The summed E-state index contributed by atoms with van der Waals surface area (Å²) >= 11 is 0. The maximum absolute atomic E-state index is 4.50. The summed E-state index contributed by atoms with van der Waals surface area (Å²) in [5.41, 5.74) is 2.39. The normalized spacial score (nSPS) is 20.2. The van der Waals surface area contributed by atoms with Crippen LogP contribution in [0, 0.1) is 0 Å². The smallest absolute Gasteiger partial charge is 0.0564 e. The summed E-state index contributed by atoms with van der Waals surface area (Å²) < 4.78 is 0. The van der Waals surface area contributed by atoms with Crippen LogP contribution >= 0.6 is 0 Å². The number of nitrogens with one attached hydrogen (secondary N) is 1. The predicted octanol–water partition coefficient (Wildman–Crippen LogP) is 3.28. The highest BCUT2D eigenvalue weighted by atomic mass is 15.2. The first-order valence-electron chi connectivity index (χ1n) is 7.26. The van der Waals surface area contributed by atoms with Crippen molar-refractivity contribution in [1.29, 1.82) is 0 Å². The first-order valence-corrected chi connectivity index (χ1v) is 7.26. The molecule has 3 heteroatoms. The standard InChI is InChI=1S/C15H25N3/c1-3-8-16-13-7-9-17-14(11-13)12-18-10-5-6-15(18)4-2/h7,9,11,15H,3-6,8,10,12H2,1-2H3,(H,16,17). The zero-order chi connectivity index (χ0) is 12.8. The number of aromatic nitrogens is 1. The first kappa shape index (κ1) is 13.3. The minimum atomic E-state index is 0.763. The van der Waals surface area contributed by atoms with Crippen LogP contribution < -0.4 is 5.32 Å². The van der Waals surface area contributed by atoms with Crippen molar-refractivity contribution in [2.24, 2.45) is 0 Å². The van der Waals surface area contributed by atoms with Crippen molar-refractivity contribution < 1.29 is 0 Å². The lowest BCUT2D eigenvalue weighted by Crippen LogP contribution is -2.28. The van der Waals surface area contributed by atoms with Crippen molar-refractivity contribution in [2.75, 3.05) is 18.4 Å². The zero-order valence-electron chi connectivity index (χ0n) is 11.7. The Morgan fingerprint density at radius 1 is 1.44 bits per heavy atom. The van der Waals surface area contributed by atoms with Crippen LogP contribution in [-0.2, 0) is 6.54 Å². The molecule has 0 bridgehead atoms. The van der Waals surface area contributed by atoms with Crippen LogP contribution in [0.5, 0.6) is 0 Å². The Morgan fingerprint density at radius 3 is 3.11 bits per heavy atom. The van der Waals surface area contributed by atoms with Crippen LogP contribution in [-0.4, -0.2) is 29.0 Å². The molecule has 2 rings (SSSR count). The second-order valence-electron chi connectivity index (χ2n) is 5.14. The fourth-order valence-corrected chi connectivity index (χ4v) is 2.72. The van der Waals surface area contributed by atoms with Gasteiger partial charge >= 0.3 is 0 Å². The minimum Gasteiger partial charge on any atom is -0.385 e. The van der Waals surface area contributed by atoms with E-state index in [2.05, 4.69) is 41.2 Å². The molecule has 0 saturated carbocycles. The van der Waals surface area contributed by atoms with E-state index in [1.54, 1.807) is 0 Å². The quantitative estimate of drug-likeness (QED) is 0.836. The van der Waals surface area contributed by atoms with Gasteiger partial charge in [0.2, 0.25) is 0 Å². The van der Waals surface area contributed by atoms with E-state index in [1.807, 2.05) is 6.20 Å². The van der Waals surface area contributed by atoms with Gasteiger partial charge in [-0.15, -0.1) is 0 Å². The summed E-state index contributed by atoms with van der Waals surface area (Å²) in [6.45, 7) is 7.73. The van der Waals surface area contributed by atoms with Crippen molar-refractivity contribution in [3.05, 3.63) is 24.0 Å². The van der Waals surface area contributed by atoms with Gasteiger partial charge in [-0.3, -0.25) is 9.88 Å². The molecular formula is C15H25N3. The molecule has 2 heterocycles. The molecule has 0 amide bonds. The van der Waals surface area contributed by atoms with Gasteiger partial charge in [0.15, 0.2) is 0 Å². The van der Waals surface area contributed by atoms with Crippen LogP contribution in [0.3, 0.4) is 0 Å². The summed E-state index contributed by atoms with van der Waals surface area (Å²) in [7, 11) is 0. The van der Waals surface area contributed by atoms with Crippen LogP contribution in [0.4, 0.5) is 5.69 Å². The van der Waals surface area contributed by atoms with Gasteiger partial charge in [0.05, 0.1) is 5.69 Å². The van der Waals surface area contributed by atoms with Crippen molar-refractivity contribution in [3.63, 3.8) is 0 Å². The van der Waals surface area contributed by atoms with E-state index < -0.39 is 0 Å². The maximum atomic E-state index is 4.50. The molecule has 1 N–H and O–H groups in total. The Morgan fingerprint density at radius 2 is 2.33 bits per heavy atom. The molecular weight excluding hydrogens is 222 g/mol. The molecule has 1 atom stereocenters. The predicted molar refractivity (Wildman–Crippen MR) is 76.7 cm³/mol. The molecule has 0 spiro atoms. The van der Waals surface area contributed by atoms with Gasteiger partial charge in [-0.2, -0.15) is 0 Å². The Balaban J connectivity index is 1.96. The van der Waals surface area contributed by atoms with Crippen LogP contribution in [0.1, 0.15) is 45.2 Å². The summed E-state index contributed by atoms with van der Waals surface area (Å²) in [5.74, 6) is 0. The largest absolute Gasteiger partial charge is 0.385 e. The van der Waals surface area contributed by atoms with Crippen molar-refractivity contribution in [1.82, 2.24) is 9.88 Å². The molecule has 3 nitrogen and oxygen atoms in total. The molecule has 1 aromatic rings. The van der Waals surface area contributed by atoms with E-state index in [-0.39, 0.29) is 0 Å². The number of hydrogen-bond donors (Lipinski definition) is 1. The summed E-state index contributed by atoms with van der Waals surface area (Å²) in [5, 5.41) is 3.43. The van der Waals surface area contributed by atoms with Gasteiger partial charge in [0.25, 0.3) is 0 Å². The van der Waals surface area contributed by atoms with Crippen LogP contribution in [0.15, 0.2) is 18.3 Å². The molecule has 1 unspecified atom stereocenters. The van der Waals surface area contributed by atoms with Gasteiger partial charge in [-0.1, -0.05) is 13.8 Å². The number of pyridine rings is 1. The van der Waals surface area contributed by atoms with Crippen LogP contribution in [0.25, 0.3) is 0 Å². The maximum Gasteiger partial charge on any atom is 0.0564 e. The highest BCUT2D eigenvalue weighted by molar-refractivity contribution is 5.43. The number of anilines is 1. The van der Waals surface area contributed by atoms with Gasteiger partial charge in [0.1, 0.15) is 0 Å². The fourth-order valence-electron chi connectivity index (χ4n) is 2.72. The molecule has 0 radical (unpaired) electrons. The molecule has 1 aliphatic heterocycles. The molecule has 100 valence electrons. The second-order valence-corrected chi connectivity index (χ2v) is 5.14. The average Bonchev–Trinajstić information content (AvgIpc) is 2.84. The summed E-state index contributed by atoms with van der Waals surface area (Å²) in [6.07, 6.45) is 7.02. The SMILES string of the molecule is CCCNc1ccnc(CN2CCCC2CC)c1. The monoisotopic (exact) mass is 247 g/mol. The van der Waals surface area contributed by atoms with Crippen molar-refractivity contribution >= 4 is 5.69 Å². The van der Waals surface area contributed by atoms with E-state index >= 15 is 0 Å². The third-order valence-electron chi connectivity index (χ3n) is 3.73. The molecule has 18 heavy (non-hydrogen) atoms. The average molecular weight is 247 g/mol. The zero-order valence-corrected chi connectivity index (χ0v) is 11.7. The lowest BCUT2D eigenvalue weighted by molar-refractivity contribution is 0.237. The summed E-state index contributed by atoms with van der Waals surface area (Å²) in [6, 6.07) is 5.01. The molecule has 1 aromatic heterocycles. The highest BCUT2D eigenvalue weighted by Crippen LogP contribution is 2.22.